The van der Waals surface area contributed by atoms with E-state index in [4.69, 9.17) is 42.1 Å². The summed E-state index contributed by atoms with van der Waals surface area (Å²) in [6.45, 7) is 0. The number of benzene rings is 4. The zero-order valence-corrected chi connectivity index (χ0v) is 25.5. The molecule has 1 unspecified atom stereocenters. The Morgan fingerprint density at radius 1 is 0.548 bits per heavy atom. The van der Waals surface area contributed by atoms with Crippen LogP contribution >= 0.6 is 31.0 Å². The average Bonchev–Trinajstić information content (AvgIpc) is 3.02. The molecule has 0 N–H and O–H groups in total. The van der Waals surface area contributed by atoms with Gasteiger partial charge in [-0.15, -0.1) is 0 Å². The molecule has 11 heteroatoms. The Morgan fingerprint density at radius 3 is 1.40 bits per heavy atom. The third-order valence-corrected chi connectivity index (χ3v) is 8.68. The number of rotatable bonds is 11. The lowest BCUT2D eigenvalue weighted by atomic mass is 9.91. The summed E-state index contributed by atoms with van der Waals surface area (Å²) in [5, 5.41) is -0.175. The maximum absolute atomic E-state index is 14.4. The van der Waals surface area contributed by atoms with Crippen LogP contribution in [0.2, 0.25) is 10.0 Å². The molecule has 42 heavy (non-hydrogen) atoms. The third-order valence-electron chi connectivity index (χ3n) is 6.49. The number of ether oxygens (including phenoxy) is 4. The van der Waals surface area contributed by atoms with Crippen LogP contribution in [0.1, 0.15) is 42.2 Å². The summed E-state index contributed by atoms with van der Waals surface area (Å²) < 4.78 is 35.7. The van der Waals surface area contributed by atoms with E-state index in [9.17, 15) is 18.9 Å². The van der Waals surface area contributed by atoms with E-state index in [1.54, 1.807) is 42.5 Å². The Balaban J connectivity index is 2.04. The van der Waals surface area contributed by atoms with Crippen LogP contribution in [-0.4, -0.2) is 45.5 Å². The molecule has 0 aliphatic heterocycles. The van der Waals surface area contributed by atoms with Gasteiger partial charge in [0.05, 0.1) is 44.0 Å². The lowest BCUT2D eigenvalue weighted by molar-refractivity contribution is 0.0997. The Bertz CT molecular complexity index is 1670. The molecule has 0 aliphatic rings. The molecule has 4 aromatic carbocycles. The van der Waals surface area contributed by atoms with Crippen molar-refractivity contribution in [1.82, 2.24) is 0 Å². The maximum atomic E-state index is 14.4. The fourth-order valence-corrected chi connectivity index (χ4v) is 6.73. The first-order chi connectivity index (χ1) is 20.2. The SMILES string of the molecule is COc1cccc(OC)c1C(=O)c1cccc([PH](=O)C(=O)c2c(Cl)cccc2Cl)c1C(=O)c1c(OC)cccc1OC. The lowest BCUT2D eigenvalue weighted by Gasteiger charge is -2.18. The molecule has 216 valence electrons. The second kappa shape index (κ2) is 13.3. The van der Waals surface area contributed by atoms with E-state index in [1.807, 2.05) is 0 Å². The predicted octanol–water partition coefficient (Wildman–Crippen LogP) is 6.52. The highest BCUT2D eigenvalue weighted by atomic mass is 35.5. The standard InChI is InChI=1S/C31H25Cl2O8P/c1-38-20-12-7-13-21(39-2)27(20)29(34)17-9-5-16-24(42(37)31(36)26-18(32)10-6-11-19(26)33)25(17)30(35)28-22(40-3)14-8-15-23(28)41-4/h5-16,42H,1-4H3. The molecule has 8 nitrogen and oxygen atoms in total. The van der Waals surface area contributed by atoms with Gasteiger partial charge in [0.15, 0.2) is 7.80 Å². The van der Waals surface area contributed by atoms with Gasteiger partial charge >= 0.3 is 0 Å². The molecule has 0 spiro atoms. The first-order valence-corrected chi connectivity index (χ1v) is 14.5. The summed E-state index contributed by atoms with van der Waals surface area (Å²) in [5.41, 5.74) is -1.46. The molecule has 0 radical (unpaired) electrons. The van der Waals surface area contributed by atoms with Crippen molar-refractivity contribution in [3.8, 4) is 23.0 Å². The van der Waals surface area contributed by atoms with Gasteiger partial charge in [0.25, 0.3) is 0 Å². The van der Waals surface area contributed by atoms with E-state index in [2.05, 4.69) is 0 Å². The molecule has 0 aliphatic carbocycles. The number of carbonyl (C=O) groups is 3. The van der Waals surface area contributed by atoms with Gasteiger partial charge in [-0.05, 0) is 36.4 Å². The van der Waals surface area contributed by atoms with Crippen LogP contribution in [0.15, 0.2) is 72.8 Å². The molecular formula is C31H25Cl2O8P. The molecule has 4 aromatic rings. The van der Waals surface area contributed by atoms with E-state index in [0.717, 1.165) is 0 Å². The van der Waals surface area contributed by atoms with Crippen molar-refractivity contribution in [2.45, 2.75) is 0 Å². The number of hydrogen-bond donors (Lipinski definition) is 0. The minimum absolute atomic E-state index is 0.00360. The number of hydrogen-bond acceptors (Lipinski definition) is 8. The summed E-state index contributed by atoms with van der Waals surface area (Å²) >= 11 is 12.5. The van der Waals surface area contributed by atoms with Crippen molar-refractivity contribution in [3.63, 3.8) is 0 Å². The minimum atomic E-state index is -3.50. The molecule has 1 atom stereocenters. The summed E-state index contributed by atoms with van der Waals surface area (Å²) in [7, 11) is 2.01. The maximum Gasteiger partial charge on any atom is 0.225 e. The molecule has 0 fully saturated rings. The van der Waals surface area contributed by atoms with Crippen LogP contribution in [0.25, 0.3) is 0 Å². The highest BCUT2D eigenvalue weighted by Crippen LogP contribution is 2.39. The van der Waals surface area contributed by atoms with Gasteiger partial charge in [-0.25, -0.2) is 0 Å². The third kappa shape index (κ3) is 5.66. The summed E-state index contributed by atoms with van der Waals surface area (Å²) in [4.78, 5) is 42.2. The minimum Gasteiger partial charge on any atom is -0.496 e. The van der Waals surface area contributed by atoms with Crippen LogP contribution in [-0.2, 0) is 4.57 Å². The Hall–Kier alpha value is -4.10. The monoisotopic (exact) mass is 626 g/mol. The largest absolute Gasteiger partial charge is 0.496 e. The Labute approximate surface area is 252 Å². The van der Waals surface area contributed by atoms with Crippen molar-refractivity contribution < 1.29 is 37.9 Å². The van der Waals surface area contributed by atoms with E-state index in [0.29, 0.717) is 0 Å². The smallest absolute Gasteiger partial charge is 0.225 e. The van der Waals surface area contributed by atoms with E-state index >= 15 is 0 Å². The predicted molar refractivity (Wildman–Crippen MR) is 162 cm³/mol. The van der Waals surface area contributed by atoms with Crippen molar-refractivity contribution in [1.29, 1.82) is 0 Å². The second-order valence-corrected chi connectivity index (χ2v) is 11.2. The van der Waals surface area contributed by atoms with E-state index < -0.39 is 24.9 Å². The Morgan fingerprint density at radius 2 is 0.952 bits per heavy atom. The van der Waals surface area contributed by atoms with E-state index in [1.165, 1.54) is 58.8 Å². The first kappa shape index (κ1) is 30.8. The molecule has 0 aromatic heterocycles. The van der Waals surface area contributed by atoms with Gasteiger partial charge in [-0.2, -0.15) is 0 Å². The average molecular weight is 627 g/mol. The van der Waals surface area contributed by atoms with Gasteiger partial charge in [0, 0.05) is 16.4 Å². The van der Waals surface area contributed by atoms with Crippen molar-refractivity contribution in [2.75, 3.05) is 28.4 Å². The summed E-state index contributed by atoms with van der Waals surface area (Å²) in [6, 6.07) is 18.1. The number of methoxy groups -OCH3 is 4. The molecule has 0 bridgehead atoms. The van der Waals surface area contributed by atoms with Gasteiger partial charge in [0.2, 0.25) is 17.1 Å². The molecule has 0 saturated heterocycles. The number of carbonyl (C=O) groups excluding carboxylic acids is 3. The topological polar surface area (TPSA) is 105 Å². The van der Waals surface area contributed by atoms with Gasteiger partial charge in [0.1, 0.15) is 34.1 Å². The van der Waals surface area contributed by atoms with Crippen molar-refractivity contribution in [3.05, 3.63) is 111 Å². The first-order valence-electron chi connectivity index (χ1n) is 12.4. The number of halogens is 2. The molecule has 0 saturated carbocycles. The second-order valence-electron chi connectivity index (χ2n) is 8.72. The van der Waals surface area contributed by atoms with Crippen molar-refractivity contribution in [2.24, 2.45) is 0 Å². The highest BCUT2D eigenvalue weighted by Gasteiger charge is 2.33. The van der Waals surface area contributed by atoms with E-state index in [-0.39, 0.29) is 66.2 Å². The zero-order valence-electron chi connectivity index (χ0n) is 23.0. The summed E-state index contributed by atoms with van der Waals surface area (Å²) in [5.74, 6) is -0.769. The molecule has 0 amide bonds. The fraction of sp³-hybridized carbons (Fsp3) is 0.129. The van der Waals surface area contributed by atoms with Crippen LogP contribution in [0.5, 0.6) is 23.0 Å². The van der Waals surface area contributed by atoms with Crippen LogP contribution < -0.4 is 24.3 Å². The quantitative estimate of drug-likeness (QED) is 0.137. The van der Waals surface area contributed by atoms with Gasteiger partial charge in [-0.3, -0.25) is 14.4 Å². The number of ketones is 2. The highest BCUT2D eigenvalue weighted by molar-refractivity contribution is 7.71. The zero-order chi connectivity index (χ0) is 30.6. The molecule has 4 rings (SSSR count). The molecular weight excluding hydrogens is 602 g/mol. The normalized spacial score (nSPS) is 11.4. The van der Waals surface area contributed by atoms with Crippen molar-refractivity contribution >= 4 is 53.4 Å². The van der Waals surface area contributed by atoms with Crippen LogP contribution in [0.3, 0.4) is 0 Å². The van der Waals surface area contributed by atoms with Crippen LogP contribution in [0.4, 0.5) is 0 Å². The van der Waals surface area contributed by atoms with Gasteiger partial charge in [-0.1, -0.05) is 59.6 Å². The molecule has 0 heterocycles. The Kier molecular flexibility index (Phi) is 9.74. The summed E-state index contributed by atoms with van der Waals surface area (Å²) in [6.07, 6.45) is 0. The fourth-order valence-electron chi connectivity index (χ4n) is 4.54. The van der Waals surface area contributed by atoms with Gasteiger partial charge < -0.3 is 23.5 Å². The van der Waals surface area contributed by atoms with Crippen LogP contribution in [0, 0.1) is 0 Å². The lowest BCUT2D eigenvalue weighted by Crippen LogP contribution is -2.22.